The lowest BCUT2D eigenvalue weighted by Gasteiger charge is -2.18. The maximum Gasteiger partial charge on any atom is 0.306 e. The minimum Gasteiger partial charge on any atom is -0.462 e. The van der Waals surface area contributed by atoms with Gasteiger partial charge in [-0.2, -0.15) is 0 Å². The average Bonchev–Trinajstić information content (AvgIpc) is 3.41. The zero-order chi connectivity index (χ0) is 54.3. The Morgan fingerprint density at radius 3 is 0.853 bits per heavy atom. The van der Waals surface area contributed by atoms with E-state index in [2.05, 4.69) is 179 Å². The highest BCUT2D eigenvalue weighted by atomic mass is 16.6. The molecule has 75 heavy (non-hydrogen) atoms. The third kappa shape index (κ3) is 59.8. The van der Waals surface area contributed by atoms with Crippen LogP contribution < -0.4 is 0 Å². The van der Waals surface area contributed by atoms with Gasteiger partial charge in [0.05, 0.1) is 0 Å². The van der Waals surface area contributed by atoms with Gasteiger partial charge in [0, 0.05) is 19.3 Å². The van der Waals surface area contributed by atoms with Gasteiger partial charge in [-0.05, 0) is 141 Å². The molecule has 0 heterocycles. The first-order valence-corrected chi connectivity index (χ1v) is 30.0. The number of hydrogen-bond acceptors (Lipinski definition) is 6. The number of unbranched alkanes of at least 4 members (excludes halogenated alkanes) is 15. The maximum atomic E-state index is 12.9. The molecular formula is C69H108O6. The molecule has 1 unspecified atom stereocenters. The molecule has 0 aliphatic rings. The molecule has 0 spiro atoms. The summed E-state index contributed by atoms with van der Waals surface area (Å²) in [5.41, 5.74) is 0. The lowest BCUT2D eigenvalue weighted by atomic mass is 10.1. The van der Waals surface area contributed by atoms with Crippen LogP contribution in [0.25, 0.3) is 0 Å². The molecule has 0 aromatic rings. The van der Waals surface area contributed by atoms with E-state index in [1.54, 1.807) is 0 Å². The van der Waals surface area contributed by atoms with Gasteiger partial charge in [0.2, 0.25) is 0 Å². The summed E-state index contributed by atoms with van der Waals surface area (Å²) in [6, 6.07) is 0. The summed E-state index contributed by atoms with van der Waals surface area (Å²) >= 11 is 0. The molecular weight excluding hydrogens is 925 g/mol. The topological polar surface area (TPSA) is 78.9 Å². The van der Waals surface area contributed by atoms with Gasteiger partial charge in [0.25, 0.3) is 0 Å². The number of allylic oxidation sites excluding steroid dienone is 26. The number of hydrogen-bond donors (Lipinski definition) is 0. The van der Waals surface area contributed by atoms with Crippen molar-refractivity contribution in [2.45, 2.75) is 245 Å². The molecule has 0 aliphatic heterocycles. The van der Waals surface area contributed by atoms with E-state index in [9.17, 15) is 14.4 Å². The van der Waals surface area contributed by atoms with Crippen molar-refractivity contribution in [2.24, 2.45) is 0 Å². The van der Waals surface area contributed by atoms with Crippen molar-refractivity contribution in [3.05, 3.63) is 158 Å². The lowest BCUT2D eigenvalue weighted by Crippen LogP contribution is -2.30. The first-order chi connectivity index (χ1) is 37.0. The predicted molar refractivity (Wildman–Crippen MR) is 325 cm³/mol. The summed E-state index contributed by atoms with van der Waals surface area (Å²) in [4.78, 5) is 38.2. The molecule has 0 amide bonds. The Balaban J connectivity index is 4.46. The van der Waals surface area contributed by atoms with Gasteiger partial charge in [0.15, 0.2) is 6.10 Å². The lowest BCUT2D eigenvalue weighted by molar-refractivity contribution is -0.167. The van der Waals surface area contributed by atoms with Crippen LogP contribution in [-0.2, 0) is 28.6 Å². The Morgan fingerprint density at radius 1 is 0.280 bits per heavy atom. The highest BCUT2D eigenvalue weighted by Gasteiger charge is 2.19. The molecule has 0 radical (unpaired) electrons. The van der Waals surface area contributed by atoms with E-state index in [0.29, 0.717) is 19.3 Å². The van der Waals surface area contributed by atoms with Crippen molar-refractivity contribution >= 4 is 17.9 Å². The maximum absolute atomic E-state index is 12.9. The second kappa shape index (κ2) is 61.6. The number of rotatable bonds is 52. The quantitative estimate of drug-likeness (QED) is 0.0261. The highest BCUT2D eigenvalue weighted by Crippen LogP contribution is 2.13. The van der Waals surface area contributed by atoms with E-state index in [1.165, 1.54) is 38.5 Å². The average molecular weight is 1030 g/mol. The molecule has 0 bridgehead atoms. The molecule has 0 aromatic heterocycles. The molecule has 0 saturated heterocycles. The summed E-state index contributed by atoms with van der Waals surface area (Å²) in [7, 11) is 0. The van der Waals surface area contributed by atoms with Crippen LogP contribution in [0, 0.1) is 0 Å². The van der Waals surface area contributed by atoms with E-state index in [-0.39, 0.29) is 37.5 Å². The third-order valence-corrected chi connectivity index (χ3v) is 12.0. The molecule has 0 N–H and O–H groups in total. The summed E-state index contributed by atoms with van der Waals surface area (Å²) in [6.45, 7) is 6.30. The van der Waals surface area contributed by atoms with Gasteiger partial charge in [-0.1, -0.05) is 237 Å². The van der Waals surface area contributed by atoms with Crippen LogP contribution in [0.3, 0.4) is 0 Å². The predicted octanol–water partition coefficient (Wildman–Crippen LogP) is 20.5. The standard InChI is InChI=1S/C69H108O6/c1-4-7-10-13-16-19-22-24-26-28-30-32-33-34-35-37-38-40-42-44-47-50-53-56-59-62-68(71)74-65-66(64-73-67(70)61-58-55-52-49-46-21-18-15-12-9-6-3)75-69(72)63-60-57-54-51-48-45-43-41-39-36-31-29-27-25-23-20-17-14-11-8-5-2/h7-8,10-11,15-20,24-27,30-32,34-36,38,40-41,43,48,51,66H,4-6,9,12-14,21-23,28-29,33,37,39,42,44-47,49-50,52-65H2,1-3H3/b10-7-,11-8-,18-15-,19-16-,20-17-,26-24-,27-25-,32-30-,35-34-,36-31-,40-38-,43-41-,51-48-. The zero-order valence-corrected chi connectivity index (χ0v) is 48.0. The molecule has 0 aliphatic carbocycles. The van der Waals surface area contributed by atoms with Crippen molar-refractivity contribution in [3.8, 4) is 0 Å². The molecule has 0 rings (SSSR count). The first kappa shape index (κ1) is 70.0. The van der Waals surface area contributed by atoms with Crippen LogP contribution in [0.1, 0.15) is 239 Å². The van der Waals surface area contributed by atoms with Crippen molar-refractivity contribution in [1.82, 2.24) is 0 Å². The zero-order valence-electron chi connectivity index (χ0n) is 48.0. The second-order valence-electron chi connectivity index (χ2n) is 19.1. The Bertz CT molecular complexity index is 1710. The van der Waals surface area contributed by atoms with Crippen molar-refractivity contribution in [2.75, 3.05) is 13.2 Å². The normalized spacial score (nSPS) is 13.3. The summed E-state index contributed by atoms with van der Waals surface area (Å²) in [5.74, 6) is -0.987. The SMILES string of the molecule is CC/C=C\C/C=C\C/C=C\C/C=C\C/C=C\C/C=C\CCCCCCCCC(=O)OCC(COC(=O)CCCCCCC/C=C\CCCC)OC(=O)CCCC/C=C\C/C=C\C/C=C\C/C=C\C/C=C\C/C=C\CC. The third-order valence-electron chi connectivity index (χ3n) is 12.0. The Labute approximate surface area is 460 Å². The minimum atomic E-state index is -0.819. The van der Waals surface area contributed by atoms with E-state index in [1.807, 2.05) is 0 Å². The van der Waals surface area contributed by atoms with E-state index < -0.39 is 6.10 Å². The fourth-order valence-corrected chi connectivity index (χ4v) is 7.55. The summed E-state index contributed by atoms with van der Waals surface area (Å²) in [6.07, 6.45) is 89.5. The van der Waals surface area contributed by atoms with Gasteiger partial charge >= 0.3 is 17.9 Å². The molecule has 6 nitrogen and oxygen atoms in total. The molecule has 0 aromatic carbocycles. The van der Waals surface area contributed by atoms with Gasteiger partial charge < -0.3 is 14.2 Å². The minimum absolute atomic E-state index is 0.112. The molecule has 420 valence electrons. The van der Waals surface area contributed by atoms with Gasteiger partial charge in [0.1, 0.15) is 13.2 Å². The van der Waals surface area contributed by atoms with Crippen LogP contribution in [0.15, 0.2) is 158 Å². The number of esters is 3. The van der Waals surface area contributed by atoms with Gasteiger partial charge in [-0.15, -0.1) is 0 Å². The van der Waals surface area contributed by atoms with Crippen molar-refractivity contribution < 1.29 is 28.6 Å². The highest BCUT2D eigenvalue weighted by molar-refractivity contribution is 5.71. The van der Waals surface area contributed by atoms with Crippen LogP contribution in [0.4, 0.5) is 0 Å². The van der Waals surface area contributed by atoms with Gasteiger partial charge in [-0.25, -0.2) is 0 Å². The van der Waals surface area contributed by atoms with Crippen LogP contribution in [-0.4, -0.2) is 37.2 Å². The fraction of sp³-hybridized carbons (Fsp3) is 0.580. The van der Waals surface area contributed by atoms with E-state index in [4.69, 9.17) is 14.2 Å². The Kier molecular flexibility index (Phi) is 57.5. The number of ether oxygens (including phenoxy) is 3. The van der Waals surface area contributed by atoms with E-state index in [0.717, 1.165) is 154 Å². The van der Waals surface area contributed by atoms with Crippen molar-refractivity contribution in [1.29, 1.82) is 0 Å². The van der Waals surface area contributed by atoms with Crippen LogP contribution >= 0.6 is 0 Å². The number of carbonyl (C=O) groups excluding carboxylic acids is 3. The van der Waals surface area contributed by atoms with Gasteiger partial charge in [-0.3, -0.25) is 14.4 Å². The molecule has 6 heteroatoms. The van der Waals surface area contributed by atoms with Crippen LogP contribution in [0.5, 0.6) is 0 Å². The summed E-state index contributed by atoms with van der Waals surface area (Å²) in [5, 5.41) is 0. The molecule has 1 atom stereocenters. The van der Waals surface area contributed by atoms with Crippen LogP contribution in [0.2, 0.25) is 0 Å². The number of carbonyl (C=O) groups is 3. The first-order valence-electron chi connectivity index (χ1n) is 30.0. The molecule has 0 fully saturated rings. The summed E-state index contributed by atoms with van der Waals surface area (Å²) < 4.78 is 16.8. The fourth-order valence-electron chi connectivity index (χ4n) is 7.55. The Hall–Kier alpha value is -4.97. The van der Waals surface area contributed by atoms with Crippen molar-refractivity contribution in [3.63, 3.8) is 0 Å². The smallest absolute Gasteiger partial charge is 0.306 e. The monoisotopic (exact) mass is 1030 g/mol. The molecule has 0 saturated carbocycles. The van der Waals surface area contributed by atoms with E-state index >= 15 is 0 Å². The Morgan fingerprint density at radius 2 is 0.520 bits per heavy atom. The second-order valence-corrected chi connectivity index (χ2v) is 19.1. The largest absolute Gasteiger partial charge is 0.462 e.